The number of hydrogen-bond donors (Lipinski definition) is 0. The molecule has 2 atom stereocenters. The Kier molecular flexibility index (Phi) is 2.41. The first-order chi connectivity index (χ1) is 10.7. The molecule has 22 heavy (non-hydrogen) atoms. The lowest BCUT2D eigenvalue weighted by molar-refractivity contribution is -0.147. The molecule has 0 unspecified atom stereocenters. The first-order valence-corrected chi connectivity index (χ1v) is 8.65. The van der Waals surface area contributed by atoms with Crippen LogP contribution in [0.3, 0.4) is 0 Å². The van der Waals surface area contributed by atoms with E-state index in [0.717, 1.165) is 32.4 Å². The molecular formula is C19H22N2O. The zero-order chi connectivity index (χ0) is 14.9. The molecule has 0 N–H and O–H groups in total. The van der Waals surface area contributed by atoms with Crippen molar-refractivity contribution in [2.45, 2.75) is 51.6 Å². The van der Waals surface area contributed by atoms with E-state index in [9.17, 15) is 4.79 Å². The Morgan fingerprint density at radius 2 is 2.05 bits per heavy atom. The zero-order valence-corrected chi connectivity index (χ0v) is 13.1. The minimum absolute atomic E-state index is 0.313. The molecule has 1 amide bonds. The smallest absolute Gasteiger partial charge is 0.223 e. The first-order valence-electron chi connectivity index (χ1n) is 8.65. The average molecular weight is 294 g/mol. The Labute approximate surface area is 130 Å². The van der Waals surface area contributed by atoms with Crippen molar-refractivity contribution in [3.05, 3.63) is 35.5 Å². The summed E-state index contributed by atoms with van der Waals surface area (Å²) in [6.07, 6.45) is 5.24. The summed E-state index contributed by atoms with van der Waals surface area (Å²) in [5.41, 5.74) is 4.67. The van der Waals surface area contributed by atoms with E-state index in [1.807, 2.05) is 0 Å². The van der Waals surface area contributed by atoms with Gasteiger partial charge in [0, 0.05) is 36.1 Å². The molecule has 4 heterocycles. The van der Waals surface area contributed by atoms with Crippen LogP contribution in [0.25, 0.3) is 10.9 Å². The third-order valence-electron chi connectivity index (χ3n) is 6.57. The van der Waals surface area contributed by atoms with Gasteiger partial charge in [0.2, 0.25) is 5.91 Å². The van der Waals surface area contributed by atoms with Gasteiger partial charge in [-0.15, -0.1) is 0 Å². The van der Waals surface area contributed by atoms with Crippen molar-refractivity contribution in [2.75, 3.05) is 6.54 Å². The van der Waals surface area contributed by atoms with Crippen LogP contribution in [-0.2, 0) is 17.8 Å². The summed E-state index contributed by atoms with van der Waals surface area (Å²) in [7, 11) is 0. The predicted octanol–water partition coefficient (Wildman–Crippen LogP) is 3.66. The number of rotatable bonds is 1. The molecule has 0 radical (unpaired) electrons. The summed E-state index contributed by atoms with van der Waals surface area (Å²) >= 11 is 0. The Hall–Kier alpha value is -1.77. The van der Waals surface area contributed by atoms with Crippen molar-refractivity contribution in [2.24, 2.45) is 5.41 Å². The van der Waals surface area contributed by atoms with Crippen LogP contribution >= 0.6 is 0 Å². The molecule has 0 aliphatic carbocycles. The Balaban J connectivity index is 1.83. The molecule has 1 aromatic carbocycles. The molecule has 0 bridgehead atoms. The average Bonchev–Trinajstić information content (AvgIpc) is 2.90. The molecule has 1 saturated heterocycles. The van der Waals surface area contributed by atoms with E-state index in [4.69, 9.17) is 0 Å². The second-order valence-corrected chi connectivity index (χ2v) is 7.24. The first kappa shape index (κ1) is 12.7. The van der Waals surface area contributed by atoms with Crippen LogP contribution in [0.4, 0.5) is 0 Å². The molecule has 3 nitrogen and oxygen atoms in total. The van der Waals surface area contributed by atoms with Gasteiger partial charge >= 0.3 is 0 Å². The highest BCUT2D eigenvalue weighted by molar-refractivity contribution is 5.87. The summed E-state index contributed by atoms with van der Waals surface area (Å²) in [6.45, 7) is 4.34. The van der Waals surface area contributed by atoms with Crippen LogP contribution in [0, 0.1) is 5.41 Å². The Bertz CT molecular complexity index is 757. The molecule has 3 aliphatic rings. The maximum atomic E-state index is 12.5. The summed E-state index contributed by atoms with van der Waals surface area (Å²) in [6, 6.07) is 9.13. The highest BCUT2D eigenvalue weighted by Gasteiger charge is 2.52. The van der Waals surface area contributed by atoms with E-state index in [1.54, 1.807) is 0 Å². The van der Waals surface area contributed by atoms with Gasteiger partial charge in [0.05, 0.1) is 6.04 Å². The monoisotopic (exact) mass is 294 g/mol. The second-order valence-electron chi connectivity index (χ2n) is 7.24. The van der Waals surface area contributed by atoms with Gasteiger partial charge in [-0.2, -0.15) is 0 Å². The van der Waals surface area contributed by atoms with E-state index in [2.05, 4.69) is 40.7 Å². The zero-order valence-electron chi connectivity index (χ0n) is 13.1. The largest absolute Gasteiger partial charge is 0.342 e. The van der Waals surface area contributed by atoms with Gasteiger partial charge in [-0.25, -0.2) is 0 Å². The summed E-state index contributed by atoms with van der Waals surface area (Å²) in [4.78, 5) is 14.7. The normalized spacial score (nSPS) is 29.8. The molecule has 2 aromatic rings. The number of carbonyl (C=O) groups is 1. The van der Waals surface area contributed by atoms with Crippen molar-refractivity contribution in [1.82, 2.24) is 9.47 Å². The van der Waals surface area contributed by atoms with E-state index in [1.165, 1.54) is 35.0 Å². The Morgan fingerprint density at radius 1 is 1.18 bits per heavy atom. The van der Waals surface area contributed by atoms with Crippen LogP contribution in [-0.4, -0.2) is 21.9 Å². The number of fused-ring (bicyclic) bond motifs is 3. The summed E-state index contributed by atoms with van der Waals surface area (Å²) < 4.78 is 2.52. The van der Waals surface area contributed by atoms with E-state index < -0.39 is 0 Å². The molecule has 1 aromatic heterocycles. The lowest BCUT2D eigenvalue weighted by Crippen LogP contribution is -2.54. The second kappa shape index (κ2) is 4.15. The number of hydrogen-bond acceptors (Lipinski definition) is 1. The maximum Gasteiger partial charge on any atom is 0.223 e. The van der Waals surface area contributed by atoms with Gasteiger partial charge in [0.15, 0.2) is 0 Å². The number of benzene rings is 1. The fourth-order valence-corrected chi connectivity index (χ4v) is 5.39. The fraction of sp³-hybridized carbons (Fsp3) is 0.526. The minimum atomic E-state index is 0.313. The van der Waals surface area contributed by atoms with E-state index in [-0.39, 0.29) is 0 Å². The highest BCUT2D eigenvalue weighted by atomic mass is 16.2. The fourth-order valence-electron chi connectivity index (χ4n) is 5.39. The molecule has 3 heteroatoms. The van der Waals surface area contributed by atoms with Gasteiger partial charge in [0.1, 0.15) is 0 Å². The molecule has 0 spiro atoms. The van der Waals surface area contributed by atoms with E-state index in [0.29, 0.717) is 17.4 Å². The van der Waals surface area contributed by atoms with Crippen molar-refractivity contribution < 1.29 is 4.79 Å². The predicted molar refractivity (Wildman–Crippen MR) is 86.7 cm³/mol. The number of para-hydroxylation sites is 1. The summed E-state index contributed by atoms with van der Waals surface area (Å²) in [5, 5.41) is 1.42. The molecule has 0 saturated carbocycles. The van der Waals surface area contributed by atoms with Gasteiger partial charge in [-0.05, 0) is 42.7 Å². The lowest BCUT2D eigenvalue weighted by Gasteiger charge is -2.54. The van der Waals surface area contributed by atoms with Gasteiger partial charge in [-0.1, -0.05) is 25.1 Å². The van der Waals surface area contributed by atoms with Crippen LogP contribution in [0.2, 0.25) is 0 Å². The third-order valence-corrected chi connectivity index (χ3v) is 6.57. The van der Waals surface area contributed by atoms with Gasteiger partial charge in [-0.3, -0.25) is 4.79 Å². The van der Waals surface area contributed by atoms with Crippen molar-refractivity contribution >= 4 is 16.8 Å². The molecule has 3 aliphatic heterocycles. The van der Waals surface area contributed by atoms with Crippen LogP contribution in [0.5, 0.6) is 0 Å². The van der Waals surface area contributed by atoms with Gasteiger partial charge < -0.3 is 9.47 Å². The molecule has 114 valence electrons. The molecular weight excluding hydrogens is 272 g/mol. The van der Waals surface area contributed by atoms with Crippen LogP contribution in [0.15, 0.2) is 24.3 Å². The van der Waals surface area contributed by atoms with Crippen molar-refractivity contribution in [3.8, 4) is 0 Å². The van der Waals surface area contributed by atoms with Crippen molar-refractivity contribution in [1.29, 1.82) is 0 Å². The van der Waals surface area contributed by atoms with E-state index >= 15 is 0 Å². The molecule has 5 rings (SSSR count). The topological polar surface area (TPSA) is 25.2 Å². The standard InChI is InChI=1S/C19H22N2O/c1-2-19-9-7-16(22)21-11-8-14-13-5-3-4-6-15(13)20(12-10-19)17(14)18(19)21/h3-6,18H,2,7-12H2,1H3/t18-,19+/m0/s1. The van der Waals surface area contributed by atoms with Crippen LogP contribution in [0.1, 0.15) is 49.9 Å². The van der Waals surface area contributed by atoms with Crippen molar-refractivity contribution in [3.63, 3.8) is 0 Å². The summed E-state index contributed by atoms with van der Waals surface area (Å²) in [5.74, 6) is 0.374. The number of nitrogens with zero attached hydrogens (tertiary/aromatic N) is 2. The number of piperidine rings is 1. The third kappa shape index (κ3) is 1.35. The van der Waals surface area contributed by atoms with Gasteiger partial charge in [0.25, 0.3) is 0 Å². The maximum absolute atomic E-state index is 12.5. The quantitative estimate of drug-likeness (QED) is 0.788. The molecule has 1 fully saturated rings. The number of amides is 1. The SMILES string of the molecule is CC[C@@]12CCC(=O)N3CCc4c(n(c5ccccc45)CC1)[C@H]32. The highest BCUT2D eigenvalue weighted by Crippen LogP contribution is 2.57. The Morgan fingerprint density at radius 3 is 2.91 bits per heavy atom. The number of aromatic nitrogens is 1. The minimum Gasteiger partial charge on any atom is -0.342 e. The number of carbonyl (C=O) groups excluding carboxylic acids is 1. The van der Waals surface area contributed by atoms with Crippen LogP contribution < -0.4 is 0 Å². The lowest BCUT2D eigenvalue weighted by atomic mass is 9.64. The number of aryl methyl sites for hydroxylation is 1.